The molecule has 0 fully saturated rings. The third-order valence-electron chi connectivity index (χ3n) is 4.18. The van der Waals surface area contributed by atoms with Gasteiger partial charge in [0.2, 0.25) is 10.0 Å². The topological polar surface area (TPSA) is 130 Å². The number of aromatic nitrogens is 1. The van der Waals surface area contributed by atoms with E-state index in [0.29, 0.717) is 16.0 Å². The summed E-state index contributed by atoms with van der Waals surface area (Å²) in [6.07, 6.45) is 0. The van der Waals surface area contributed by atoms with Crippen molar-refractivity contribution in [1.82, 2.24) is 4.57 Å². The van der Waals surface area contributed by atoms with Gasteiger partial charge in [-0.05, 0) is 44.2 Å². The minimum Gasteiger partial charge on any atom is -0.484 e. The number of thiazole rings is 1. The number of carbonyl (C=O) groups is 2. The van der Waals surface area contributed by atoms with Gasteiger partial charge in [0.15, 0.2) is 11.4 Å². The van der Waals surface area contributed by atoms with Gasteiger partial charge in [-0.25, -0.2) is 13.6 Å². The average Bonchev–Trinajstić information content (AvgIpc) is 3.03. The Balaban J connectivity index is 1.96. The van der Waals surface area contributed by atoms with Gasteiger partial charge in [-0.15, -0.1) is 0 Å². The maximum atomic E-state index is 12.4. The average molecular weight is 464 g/mol. The lowest BCUT2D eigenvalue weighted by atomic mass is 10.2. The van der Waals surface area contributed by atoms with Crippen LogP contribution in [0.15, 0.2) is 52.4 Å². The van der Waals surface area contributed by atoms with E-state index in [1.54, 1.807) is 19.1 Å². The molecule has 0 aliphatic carbocycles. The highest BCUT2D eigenvalue weighted by molar-refractivity contribution is 7.89. The van der Waals surface area contributed by atoms with E-state index in [-0.39, 0.29) is 29.5 Å². The zero-order valence-electron chi connectivity index (χ0n) is 16.9. The summed E-state index contributed by atoms with van der Waals surface area (Å²) in [5.74, 6) is -0.540. The maximum Gasteiger partial charge on any atom is 0.326 e. The molecule has 1 heterocycles. The van der Waals surface area contributed by atoms with Crippen molar-refractivity contribution >= 4 is 43.5 Å². The molecule has 0 bridgehead atoms. The van der Waals surface area contributed by atoms with Gasteiger partial charge >= 0.3 is 5.97 Å². The number of nitrogens with two attached hydrogens (primary N) is 1. The van der Waals surface area contributed by atoms with Crippen LogP contribution in [-0.2, 0) is 30.9 Å². The molecule has 11 heteroatoms. The molecule has 0 atom stereocenters. The molecule has 0 aliphatic heterocycles. The highest BCUT2D eigenvalue weighted by Gasteiger charge is 2.15. The zero-order valence-corrected chi connectivity index (χ0v) is 18.5. The van der Waals surface area contributed by atoms with Crippen molar-refractivity contribution in [3.63, 3.8) is 0 Å². The standard InChI is InChI=1S/C20H21N3O6S2/c1-3-28-19(25)11-23-16-9-8-15(31(21,26)27)10-17(16)30-20(23)22-18(24)12-29-14-6-4-13(2)5-7-14/h4-10H,3,11-12H2,1-2H3,(H2,21,26,27). The van der Waals surface area contributed by atoms with Gasteiger partial charge in [-0.3, -0.25) is 9.59 Å². The highest BCUT2D eigenvalue weighted by atomic mass is 32.2. The van der Waals surface area contributed by atoms with Crippen LogP contribution in [0.5, 0.6) is 5.75 Å². The molecule has 0 saturated heterocycles. The van der Waals surface area contributed by atoms with E-state index in [1.165, 1.54) is 22.8 Å². The van der Waals surface area contributed by atoms with Crippen molar-refractivity contribution in [1.29, 1.82) is 0 Å². The summed E-state index contributed by atoms with van der Waals surface area (Å²) in [4.78, 5) is 28.6. The molecule has 0 spiro atoms. The Labute approximate surface area is 182 Å². The van der Waals surface area contributed by atoms with Crippen LogP contribution >= 0.6 is 11.3 Å². The zero-order chi connectivity index (χ0) is 22.6. The molecular weight excluding hydrogens is 442 g/mol. The van der Waals surface area contributed by atoms with E-state index in [1.807, 2.05) is 19.1 Å². The number of rotatable bonds is 7. The molecule has 1 amide bonds. The van der Waals surface area contributed by atoms with Gasteiger partial charge in [0.05, 0.1) is 21.7 Å². The molecule has 9 nitrogen and oxygen atoms in total. The van der Waals surface area contributed by atoms with Crippen LogP contribution in [-0.4, -0.2) is 38.1 Å². The van der Waals surface area contributed by atoms with E-state index >= 15 is 0 Å². The predicted octanol–water partition coefficient (Wildman–Crippen LogP) is 1.73. The number of hydrogen-bond donors (Lipinski definition) is 1. The Kier molecular flexibility index (Phi) is 6.88. The molecule has 3 rings (SSSR count). The van der Waals surface area contributed by atoms with Crippen LogP contribution in [0.25, 0.3) is 10.2 Å². The summed E-state index contributed by atoms with van der Waals surface area (Å²) in [6, 6.07) is 11.4. The van der Waals surface area contributed by atoms with Crippen LogP contribution in [0.4, 0.5) is 0 Å². The van der Waals surface area contributed by atoms with E-state index < -0.39 is 21.9 Å². The number of benzene rings is 2. The van der Waals surface area contributed by atoms with Crippen molar-refractivity contribution in [2.24, 2.45) is 10.1 Å². The quantitative estimate of drug-likeness (QED) is 0.531. The van der Waals surface area contributed by atoms with E-state index in [4.69, 9.17) is 14.6 Å². The fourth-order valence-corrected chi connectivity index (χ4v) is 4.42. The van der Waals surface area contributed by atoms with Gasteiger partial charge in [0.25, 0.3) is 5.91 Å². The molecule has 0 saturated carbocycles. The number of amides is 1. The lowest BCUT2D eigenvalue weighted by Gasteiger charge is -2.06. The smallest absolute Gasteiger partial charge is 0.326 e. The summed E-state index contributed by atoms with van der Waals surface area (Å²) in [6.45, 7) is 3.35. The maximum absolute atomic E-state index is 12.4. The number of sulfonamides is 1. The molecule has 0 unspecified atom stereocenters. The normalized spacial score (nSPS) is 12.2. The summed E-state index contributed by atoms with van der Waals surface area (Å²) < 4.78 is 35.8. The molecular formula is C20H21N3O6S2. The third-order valence-corrected chi connectivity index (χ3v) is 6.13. The first-order chi connectivity index (χ1) is 14.7. The van der Waals surface area contributed by atoms with Crippen LogP contribution in [0.2, 0.25) is 0 Å². The Morgan fingerprint density at radius 1 is 1.16 bits per heavy atom. The molecule has 31 heavy (non-hydrogen) atoms. The van der Waals surface area contributed by atoms with Gasteiger partial charge in [-0.2, -0.15) is 4.99 Å². The van der Waals surface area contributed by atoms with E-state index in [0.717, 1.165) is 16.9 Å². The predicted molar refractivity (Wildman–Crippen MR) is 115 cm³/mol. The molecule has 3 aromatic rings. The number of ether oxygens (including phenoxy) is 2. The first-order valence-corrected chi connectivity index (χ1v) is 11.6. The fraction of sp³-hybridized carbons (Fsp3) is 0.250. The molecule has 1 aromatic heterocycles. The first kappa shape index (κ1) is 22.7. The summed E-state index contributed by atoms with van der Waals surface area (Å²) in [5, 5.41) is 5.20. The lowest BCUT2D eigenvalue weighted by molar-refractivity contribution is -0.143. The fourth-order valence-electron chi connectivity index (χ4n) is 2.72. The second-order valence-corrected chi connectivity index (χ2v) is 9.13. The molecule has 164 valence electrons. The second-order valence-electron chi connectivity index (χ2n) is 6.56. The number of carbonyl (C=O) groups excluding carboxylic acids is 2. The summed E-state index contributed by atoms with van der Waals surface area (Å²) >= 11 is 1.06. The SMILES string of the molecule is CCOC(=O)Cn1c(=NC(=O)COc2ccc(C)cc2)sc2cc(S(N)(=O)=O)ccc21. The van der Waals surface area contributed by atoms with Gasteiger partial charge < -0.3 is 14.0 Å². The number of aryl methyl sites for hydroxylation is 1. The molecule has 2 aromatic carbocycles. The van der Waals surface area contributed by atoms with Crippen LogP contribution < -0.4 is 14.7 Å². The van der Waals surface area contributed by atoms with Gasteiger partial charge in [0.1, 0.15) is 12.3 Å². The summed E-state index contributed by atoms with van der Waals surface area (Å²) in [5.41, 5.74) is 1.59. The first-order valence-electron chi connectivity index (χ1n) is 9.26. The Bertz CT molecular complexity index is 1290. The Morgan fingerprint density at radius 3 is 2.52 bits per heavy atom. The van der Waals surface area contributed by atoms with Crippen LogP contribution in [0.1, 0.15) is 12.5 Å². The van der Waals surface area contributed by atoms with Crippen molar-refractivity contribution in [2.45, 2.75) is 25.3 Å². The second kappa shape index (κ2) is 9.41. The minimum absolute atomic E-state index is 0.0786. The Morgan fingerprint density at radius 2 is 1.87 bits per heavy atom. The minimum atomic E-state index is -3.91. The lowest BCUT2D eigenvalue weighted by Crippen LogP contribution is -2.24. The van der Waals surface area contributed by atoms with Gasteiger partial charge in [-0.1, -0.05) is 29.0 Å². The number of fused-ring (bicyclic) bond motifs is 1. The number of nitrogens with zero attached hydrogens (tertiary/aromatic N) is 2. The van der Waals surface area contributed by atoms with Crippen molar-refractivity contribution < 1.29 is 27.5 Å². The monoisotopic (exact) mass is 463 g/mol. The van der Waals surface area contributed by atoms with Crippen molar-refractivity contribution in [2.75, 3.05) is 13.2 Å². The largest absolute Gasteiger partial charge is 0.484 e. The van der Waals surface area contributed by atoms with Crippen molar-refractivity contribution in [3.05, 3.63) is 52.8 Å². The summed E-state index contributed by atoms with van der Waals surface area (Å²) in [7, 11) is -3.91. The molecule has 0 aliphatic rings. The number of primary sulfonamides is 1. The Hall–Kier alpha value is -3.02. The van der Waals surface area contributed by atoms with Crippen LogP contribution in [0, 0.1) is 6.92 Å². The number of hydrogen-bond acceptors (Lipinski definition) is 7. The highest BCUT2D eigenvalue weighted by Crippen LogP contribution is 2.21. The number of esters is 1. The molecule has 2 N–H and O–H groups in total. The van der Waals surface area contributed by atoms with Gasteiger partial charge in [0, 0.05) is 0 Å². The third kappa shape index (κ3) is 5.78. The molecule has 0 radical (unpaired) electrons. The van der Waals surface area contributed by atoms with Crippen LogP contribution in [0.3, 0.4) is 0 Å². The van der Waals surface area contributed by atoms with E-state index in [2.05, 4.69) is 4.99 Å². The van der Waals surface area contributed by atoms with E-state index in [9.17, 15) is 18.0 Å². The van der Waals surface area contributed by atoms with Crippen molar-refractivity contribution in [3.8, 4) is 5.75 Å².